The molecule has 1 aromatic carbocycles. The third kappa shape index (κ3) is 1.30. The highest BCUT2D eigenvalue weighted by atomic mass is 35.5. The largest absolute Gasteiger partial charge is 0.505 e. The van der Waals surface area contributed by atoms with E-state index in [1.807, 2.05) is 0 Å². The lowest BCUT2D eigenvalue weighted by Gasteiger charge is -2.05. The van der Waals surface area contributed by atoms with Gasteiger partial charge in [-0.15, -0.1) is 0 Å². The van der Waals surface area contributed by atoms with Crippen LogP contribution in [-0.4, -0.2) is 12.2 Å². The summed E-state index contributed by atoms with van der Waals surface area (Å²) in [7, 11) is 1.08. The molecule has 0 atom stereocenters. The standard InChI is InChI=1S/C7H5ClF2O2/c1-12-7-5(9)3(8)2-4(11)6(7)10/h2,11H,1H3. The maximum Gasteiger partial charge on any atom is 0.209 e. The lowest BCUT2D eigenvalue weighted by Crippen LogP contribution is -1.93. The van der Waals surface area contributed by atoms with Crippen LogP contribution in [0.3, 0.4) is 0 Å². The quantitative estimate of drug-likeness (QED) is 0.696. The molecule has 1 N–H and O–H groups in total. The molecule has 0 spiro atoms. The first-order valence-electron chi connectivity index (χ1n) is 2.98. The third-order valence-electron chi connectivity index (χ3n) is 1.30. The van der Waals surface area contributed by atoms with Gasteiger partial charge in [0.05, 0.1) is 12.1 Å². The highest BCUT2D eigenvalue weighted by Gasteiger charge is 2.17. The molecule has 0 saturated carbocycles. The number of aromatic hydroxyl groups is 1. The van der Waals surface area contributed by atoms with Gasteiger partial charge in [-0.25, -0.2) is 4.39 Å². The number of phenolic OH excluding ortho intramolecular Hbond substituents is 1. The van der Waals surface area contributed by atoms with Gasteiger partial charge in [-0.1, -0.05) is 11.6 Å². The predicted octanol–water partition coefficient (Wildman–Crippen LogP) is 2.33. The van der Waals surface area contributed by atoms with Gasteiger partial charge in [-0.2, -0.15) is 4.39 Å². The summed E-state index contributed by atoms with van der Waals surface area (Å²) >= 11 is 5.29. The molecule has 1 aromatic rings. The Hall–Kier alpha value is -1.03. The minimum Gasteiger partial charge on any atom is -0.505 e. The minimum absolute atomic E-state index is 0.384. The van der Waals surface area contributed by atoms with Crippen molar-refractivity contribution in [3.63, 3.8) is 0 Å². The van der Waals surface area contributed by atoms with Gasteiger partial charge >= 0.3 is 0 Å². The fraction of sp³-hybridized carbons (Fsp3) is 0.143. The SMILES string of the molecule is COc1c(F)c(O)cc(Cl)c1F. The van der Waals surface area contributed by atoms with Crippen molar-refractivity contribution in [1.29, 1.82) is 0 Å². The average Bonchev–Trinajstić information content (AvgIpc) is 2.02. The number of phenols is 1. The number of rotatable bonds is 1. The molecule has 0 aliphatic carbocycles. The van der Waals surface area contributed by atoms with Crippen molar-refractivity contribution in [2.45, 2.75) is 0 Å². The Morgan fingerprint density at radius 3 is 2.50 bits per heavy atom. The zero-order valence-corrected chi connectivity index (χ0v) is 6.82. The lowest BCUT2D eigenvalue weighted by atomic mass is 10.3. The molecule has 12 heavy (non-hydrogen) atoms. The van der Waals surface area contributed by atoms with E-state index in [2.05, 4.69) is 4.74 Å². The van der Waals surface area contributed by atoms with Gasteiger partial charge in [0.1, 0.15) is 0 Å². The summed E-state index contributed by atoms with van der Waals surface area (Å²) in [6, 6.07) is 0.773. The Morgan fingerprint density at radius 1 is 1.42 bits per heavy atom. The number of ether oxygens (including phenoxy) is 1. The summed E-state index contributed by atoms with van der Waals surface area (Å²) in [5, 5.41) is 8.45. The van der Waals surface area contributed by atoms with Crippen molar-refractivity contribution < 1.29 is 18.6 Å². The fourth-order valence-corrected chi connectivity index (χ4v) is 0.936. The van der Waals surface area contributed by atoms with Crippen LogP contribution >= 0.6 is 11.6 Å². The number of benzene rings is 1. The Labute approximate surface area is 72.3 Å². The van der Waals surface area contributed by atoms with Gasteiger partial charge in [-0.05, 0) is 0 Å². The van der Waals surface area contributed by atoms with Gasteiger partial charge in [-0.3, -0.25) is 0 Å². The summed E-state index contributed by atoms with van der Waals surface area (Å²) in [5.41, 5.74) is 0. The van der Waals surface area contributed by atoms with Gasteiger partial charge in [0.15, 0.2) is 17.3 Å². The van der Waals surface area contributed by atoms with Crippen LogP contribution in [0.1, 0.15) is 0 Å². The van der Waals surface area contributed by atoms with E-state index in [1.54, 1.807) is 0 Å². The molecule has 0 aliphatic heterocycles. The molecule has 0 unspecified atom stereocenters. The molecule has 0 amide bonds. The summed E-state index contributed by atoms with van der Waals surface area (Å²) in [5.74, 6) is -3.59. The topological polar surface area (TPSA) is 29.5 Å². The van der Waals surface area contributed by atoms with E-state index in [4.69, 9.17) is 16.7 Å². The smallest absolute Gasteiger partial charge is 0.209 e. The van der Waals surface area contributed by atoms with Crippen LogP contribution in [0.2, 0.25) is 5.02 Å². The molecule has 1 rings (SSSR count). The molecule has 0 heterocycles. The number of hydrogen-bond acceptors (Lipinski definition) is 2. The molecule has 0 aliphatic rings. The second-order valence-electron chi connectivity index (χ2n) is 2.04. The first-order chi connectivity index (χ1) is 5.57. The lowest BCUT2D eigenvalue weighted by molar-refractivity contribution is 0.342. The first kappa shape index (κ1) is 9.06. The average molecular weight is 195 g/mol. The van der Waals surface area contributed by atoms with Gasteiger partial charge in [0.25, 0.3) is 0 Å². The van der Waals surface area contributed by atoms with Crippen LogP contribution in [0, 0.1) is 11.6 Å². The molecule has 2 nitrogen and oxygen atoms in total. The van der Waals surface area contributed by atoms with E-state index < -0.39 is 23.1 Å². The van der Waals surface area contributed by atoms with Crippen molar-refractivity contribution in [1.82, 2.24) is 0 Å². The summed E-state index contributed by atoms with van der Waals surface area (Å²) in [4.78, 5) is 0. The van der Waals surface area contributed by atoms with Gasteiger partial charge < -0.3 is 9.84 Å². The van der Waals surface area contributed by atoms with Crippen LogP contribution in [0.25, 0.3) is 0 Å². The van der Waals surface area contributed by atoms with Crippen molar-refractivity contribution in [2.75, 3.05) is 7.11 Å². The summed E-state index contributed by atoms with van der Waals surface area (Å²) < 4.78 is 29.9. The van der Waals surface area contributed by atoms with Crippen LogP contribution in [-0.2, 0) is 0 Å². The predicted molar refractivity (Wildman–Crippen MR) is 39.6 cm³/mol. The molecule has 0 saturated heterocycles. The monoisotopic (exact) mass is 194 g/mol. The molecular weight excluding hydrogens is 190 g/mol. The van der Waals surface area contributed by atoms with Crippen molar-refractivity contribution in [3.05, 3.63) is 22.7 Å². The number of hydrogen-bond donors (Lipinski definition) is 1. The van der Waals surface area contributed by atoms with E-state index in [1.165, 1.54) is 0 Å². The van der Waals surface area contributed by atoms with E-state index in [9.17, 15) is 8.78 Å². The van der Waals surface area contributed by atoms with Crippen LogP contribution in [0.15, 0.2) is 6.07 Å². The first-order valence-corrected chi connectivity index (χ1v) is 3.36. The van der Waals surface area contributed by atoms with Gasteiger partial charge in [0.2, 0.25) is 5.82 Å². The molecule has 0 aromatic heterocycles. The summed E-state index contributed by atoms with van der Waals surface area (Å²) in [6.45, 7) is 0. The zero-order chi connectivity index (χ0) is 9.30. The highest BCUT2D eigenvalue weighted by Crippen LogP contribution is 2.33. The summed E-state index contributed by atoms with van der Waals surface area (Å²) in [6.07, 6.45) is 0. The second-order valence-corrected chi connectivity index (χ2v) is 2.45. The molecule has 0 bridgehead atoms. The van der Waals surface area contributed by atoms with E-state index in [0.29, 0.717) is 0 Å². The number of halogens is 3. The molecule has 66 valence electrons. The molecular formula is C7H5ClF2O2. The number of methoxy groups -OCH3 is 1. The van der Waals surface area contributed by atoms with Crippen LogP contribution < -0.4 is 4.74 Å². The van der Waals surface area contributed by atoms with Crippen molar-refractivity contribution in [3.8, 4) is 11.5 Å². The maximum atomic E-state index is 12.8. The van der Waals surface area contributed by atoms with Crippen molar-refractivity contribution >= 4 is 11.6 Å². The van der Waals surface area contributed by atoms with Gasteiger partial charge in [0, 0.05) is 6.07 Å². The molecule has 0 radical (unpaired) electrons. The second kappa shape index (κ2) is 3.15. The van der Waals surface area contributed by atoms with Crippen LogP contribution in [0.5, 0.6) is 11.5 Å². The van der Waals surface area contributed by atoms with E-state index in [0.717, 1.165) is 13.2 Å². The maximum absolute atomic E-state index is 12.8. The van der Waals surface area contributed by atoms with Crippen LogP contribution in [0.4, 0.5) is 8.78 Å². The fourth-order valence-electron chi connectivity index (χ4n) is 0.747. The zero-order valence-electron chi connectivity index (χ0n) is 6.07. The third-order valence-corrected chi connectivity index (χ3v) is 1.58. The van der Waals surface area contributed by atoms with E-state index >= 15 is 0 Å². The van der Waals surface area contributed by atoms with Crippen molar-refractivity contribution in [2.24, 2.45) is 0 Å². The van der Waals surface area contributed by atoms with E-state index in [-0.39, 0.29) is 5.02 Å². The Balaban J connectivity index is 3.42. The molecule has 5 heteroatoms. The Bertz CT molecular complexity index is 289. The minimum atomic E-state index is -1.15. The molecule has 0 fully saturated rings. The Kier molecular flexibility index (Phi) is 2.38. The highest BCUT2D eigenvalue weighted by molar-refractivity contribution is 6.31. The normalized spacial score (nSPS) is 10.0. The Morgan fingerprint density at radius 2 is 2.00 bits per heavy atom.